The van der Waals surface area contributed by atoms with Crippen molar-refractivity contribution >= 4 is 63.3 Å². The molecule has 10 nitrogen and oxygen atoms in total. The van der Waals surface area contributed by atoms with Gasteiger partial charge in [0.25, 0.3) is 11.8 Å². The molecule has 1 aromatic rings. The van der Waals surface area contributed by atoms with Crippen molar-refractivity contribution in [3.05, 3.63) is 34.0 Å². The number of oxime groups is 1. The number of amides is 2. The van der Waals surface area contributed by atoms with E-state index in [2.05, 4.69) is 15.5 Å². The van der Waals surface area contributed by atoms with Gasteiger partial charge in [-0.25, -0.2) is 9.78 Å². The standard InChI is InChI=1S/C15H14ClN5O5S2/c1-26-20-8(7-5-28-15(17)18-7)11(22)19-9-12(23)21-10(14(24)25)6(2-3-16)4-27-13(9)21/h2-3,5,9,13H,4H2,1H3,(H2,17,18)(H,19,22)(H,24,25)/b3-2+,20-8+/t9?,13-/m1/s1. The van der Waals surface area contributed by atoms with Crippen LogP contribution in [0.4, 0.5) is 5.13 Å². The number of carbonyl (C=O) groups excluding carboxylic acids is 2. The minimum absolute atomic E-state index is 0.137. The van der Waals surface area contributed by atoms with E-state index in [1.165, 1.54) is 35.9 Å². The molecule has 148 valence electrons. The summed E-state index contributed by atoms with van der Waals surface area (Å²) in [5, 5.41) is 16.9. The van der Waals surface area contributed by atoms with Crippen LogP contribution in [0.1, 0.15) is 5.69 Å². The van der Waals surface area contributed by atoms with Crippen LogP contribution >= 0.6 is 34.7 Å². The normalized spacial score (nSPS) is 22.1. The number of anilines is 1. The number of allylic oxidation sites excluding steroid dienone is 1. The van der Waals surface area contributed by atoms with E-state index in [1.807, 2.05) is 0 Å². The van der Waals surface area contributed by atoms with Gasteiger partial charge in [0.05, 0.1) is 0 Å². The molecule has 0 spiro atoms. The van der Waals surface area contributed by atoms with Gasteiger partial charge >= 0.3 is 5.97 Å². The van der Waals surface area contributed by atoms with E-state index in [1.54, 1.807) is 0 Å². The second kappa shape index (κ2) is 8.20. The molecule has 0 saturated carbocycles. The molecule has 2 aliphatic rings. The summed E-state index contributed by atoms with van der Waals surface area (Å²) < 4.78 is 0. The van der Waals surface area contributed by atoms with Gasteiger partial charge < -0.3 is 21.0 Å². The number of carbonyl (C=O) groups is 3. The maximum atomic E-state index is 12.6. The van der Waals surface area contributed by atoms with Gasteiger partial charge in [0.1, 0.15) is 29.9 Å². The van der Waals surface area contributed by atoms with E-state index in [9.17, 15) is 19.5 Å². The number of carboxylic acids is 1. The van der Waals surface area contributed by atoms with Gasteiger partial charge in [-0.15, -0.1) is 23.1 Å². The van der Waals surface area contributed by atoms with E-state index in [0.717, 1.165) is 16.2 Å². The minimum Gasteiger partial charge on any atom is -0.477 e. The predicted molar refractivity (Wildman–Crippen MR) is 105 cm³/mol. The summed E-state index contributed by atoms with van der Waals surface area (Å²) in [7, 11) is 1.27. The Labute approximate surface area is 172 Å². The minimum atomic E-state index is -1.24. The summed E-state index contributed by atoms with van der Waals surface area (Å²) in [4.78, 5) is 46.6. The predicted octanol–water partition coefficient (Wildman–Crippen LogP) is 0.567. The Morgan fingerprint density at radius 3 is 2.89 bits per heavy atom. The van der Waals surface area contributed by atoms with E-state index >= 15 is 0 Å². The number of hydrogen-bond donors (Lipinski definition) is 3. The summed E-state index contributed by atoms with van der Waals surface area (Å²) in [6, 6.07) is -0.911. The van der Waals surface area contributed by atoms with Crippen molar-refractivity contribution in [3.8, 4) is 0 Å². The summed E-state index contributed by atoms with van der Waals surface area (Å²) in [5.41, 5.74) is 7.12. The SMILES string of the molecule is CO/N=C(/C(=O)NC1C(=O)N2C(C(=O)O)=C(/C=C/Cl)CS[C@H]12)c1csc(N)n1. The molecule has 3 heterocycles. The number of thioether (sulfide) groups is 1. The van der Waals surface area contributed by atoms with Gasteiger partial charge in [-0.2, -0.15) is 0 Å². The first kappa shape index (κ1) is 20.2. The van der Waals surface area contributed by atoms with Crippen LogP contribution in [0.25, 0.3) is 0 Å². The first-order chi connectivity index (χ1) is 13.4. The Kier molecular flexibility index (Phi) is 5.91. The van der Waals surface area contributed by atoms with Crippen molar-refractivity contribution in [1.29, 1.82) is 0 Å². The Morgan fingerprint density at radius 2 is 2.32 bits per heavy atom. The number of rotatable bonds is 6. The average Bonchev–Trinajstić information content (AvgIpc) is 3.09. The van der Waals surface area contributed by atoms with Crippen LogP contribution in [0, 0.1) is 0 Å². The highest BCUT2D eigenvalue weighted by molar-refractivity contribution is 8.00. The molecule has 13 heteroatoms. The van der Waals surface area contributed by atoms with Crippen LogP contribution in [-0.4, -0.2) is 62.8 Å². The number of nitrogens with one attached hydrogen (secondary N) is 1. The molecular formula is C15H14ClN5O5S2. The molecule has 2 aliphatic heterocycles. The van der Waals surface area contributed by atoms with Crippen molar-refractivity contribution in [2.45, 2.75) is 11.4 Å². The van der Waals surface area contributed by atoms with Crippen molar-refractivity contribution < 1.29 is 24.3 Å². The highest BCUT2D eigenvalue weighted by Gasteiger charge is 2.54. The second-order valence-electron chi connectivity index (χ2n) is 5.53. The quantitative estimate of drug-likeness (QED) is 0.328. The van der Waals surface area contributed by atoms with Crippen molar-refractivity contribution in [2.75, 3.05) is 18.6 Å². The molecule has 1 unspecified atom stereocenters. The van der Waals surface area contributed by atoms with Gasteiger partial charge in [-0.05, 0) is 11.6 Å². The summed E-state index contributed by atoms with van der Waals surface area (Å²) in [6.07, 6.45) is 1.43. The summed E-state index contributed by atoms with van der Waals surface area (Å²) in [5.74, 6) is -2.14. The fraction of sp³-hybridized carbons (Fsp3) is 0.267. The zero-order chi connectivity index (χ0) is 20.4. The number of aromatic nitrogens is 1. The van der Waals surface area contributed by atoms with Gasteiger partial charge in [0.15, 0.2) is 10.8 Å². The number of thiazole rings is 1. The molecular weight excluding hydrogens is 430 g/mol. The Hall–Kier alpha value is -2.57. The largest absolute Gasteiger partial charge is 0.477 e. The number of nitrogens with two attached hydrogens (primary N) is 1. The molecule has 0 bridgehead atoms. The van der Waals surface area contributed by atoms with E-state index < -0.39 is 29.2 Å². The van der Waals surface area contributed by atoms with E-state index in [4.69, 9.17) is 22.2 Å². The number of fused-ring (bicyclic) bond motifs is 1. The summed E-state index contributed by atoms with van der Waals surface area (Å²) >= 11 is 7.99. The van der Waals surface area contributed by atoms with Crippen LogP contribution in [-0.2, 0) is 19.2 Å². The van der Waals surface area contributed by atoms with Crippen LogP contribution in [0.3, 0.4) is 0 Å². The Bertz CT molecular complexity index is 928. The monoisotopic (exact) mass is 443 g/mol. The van der Waals surface area contributed by atoms with Crippen LogP contribution in [0.5, 0.6) is 0 Å². The molecule has 2 atom stereocenters. The molecule has 0 aliphatic carbocycles. The third-order valence-corrected chi connectivity index (χ3v) is 6.02. The molecule has 3 rings (SSSR count). The highest BCUT2D eigenvalue weighted by atomic mass is 35.5. The Morgan fingerprint density at radius 1 is 1.57 bits per heavy atom. The van der Waals surface area contributed by atoms with Crippen molar-refractivity contribution in [3.63, 3.8) is 0 Å². The lowest BCUT2D eigenvalue weighted by atomic mass is 10.0. The van der Waals surface area contributed by atoms with E-state index in [0.29, 0.717) is 11.3 Å². The number of carboxylic acid groups (broad SMARTS) is 1. The number of nitrogens with zero attached hydrogens (tertiary/aromatic N) is 3. The average molecular weight is 444 g/mol. The molecule has 1 saturated heterocycles. The zero-order valence-corrected chi connectivity index (χ0v) is 16.7. The number of β-lactam (4-membered cyclic amide) rings is 1. The first-order valence-electron chi connectivity index (χ1n) is 7.70. The zero-order valence-electron chi connectivity index (χ0n) is 14.3. The number of hydrogen-bond acceptors (Lipinski definition) is 9. The molecule has 0 aromatic carbocycles. The number of halogens is 1. The fourth-order valence-corrected chi connectivity index (χ4v) is 4.77. The maximum absolute atomic E-state index is 12.6. The van der Waals surface area contributed by atoms with Crippen LogP contribution < -0.4 is 11.1 Å². The second-order valence-corrected chi connectivity index (χ2v) is 7.77. The lowest BCUT2D eigenvalue weighted by Gasteiger charge is -2.49. The van der Waals surface area contributed by atoms with E-state index in [-0.39, 0.29) is 22.2 Å². The van der Waals surface area contributed by atoms with Crippen LogP contribution in [0.2, 0.25) is 0 Å². The smallest absolute Gasteiger partial charge is 0.352 e. The van der Waals surface area contributed by atoms with Crippen molar-refractivity contribution in [1.82, 2.24) is 15.2 Å². The highest BCUT2D eigenvalue weighted by Crippen LogP contribution is 2.40. The lowest BCUT2D eigenvalue weighted by molar-refractivity contribution is -0.150. The maximum Gasteiger partial charge on any atom is 0.352 e. The fourth-order valence-electron chi connectivity index (χ4n) is 2.75. The number of aliphatic carboxylic acids is 1. The molecule has 4 N–H and O–H groups in total. The molecule has 1 aromatic heterocycles. The van der Waals surface area contributed by atoms with Crippen molar-refractivity contribution in [2.24, 2.45) is 5.16 Å². The van der Waals surface area contributed by atoms with Gasteiger partial charge in [0.2, 0.25) is 0 Å². The molecule has 1 fully saturated rings. The number of nitrogen functional groups attached to an aromatic ring is 1. The topological polar surface area (TPSA) is 147 Å². The van der Waals surface area contributed by atoms with Gasteiger partial charge in [-0.3, -0.25) is 14.5 Å². The molecule has 28 heavy (non-hydrogen) atoms. The molecule has 2 amide bonds. The third-order valence-electron chi connectivity index (χ3n) is 3.91. The third kappa shape index (κ3) is 3.57. The van der Waals surface area contributed by atoms with Gasteiger partial charge in [0, 0.05) is 16.7 Å². The lowest BCUT2D eigenvalue weighted by Crippen LogP contribution is -2.71. The Balaban J connectivity index is 1.80. The summed E-state index contributed by atoms with van der Waals surface area (Å²) in [6.45, 7) is 0. The molecule has 0 radical (unpaired) electrons. The first-order valence-corrected chi connectivity index (χ1v) is 10.1. The van der Waals surface area contributed by atoms with Crippen LogP contribution in [0.15, 0.2) is 33.4 Å². The van der Waals surface area contributed by atoms with Gasteiger partial charge in [-0.1, -0.05) is 16.8 Å².